The zero-order valence-corrected chi connectivity index (χ0v) is 11.7. The molecule has 96 valence electrons. The fraction of sp³-hybridized carbons (Fsp3) is 0.600. The van der Waals surface area contributed by atoms with Crippen LogP contribution in [0.15, 0.2) is 18.2 Å². The number of nitrogens with zero attached hydrogens (tertiary/aromatic N) is 1. The summed E-state index contributed by atoms with van der Waals surface area (Å²) >= 11 is 0. The van der Waals surface area contributed by atoms with Crippen molar-refractivity contribution in [3.8, 4) is 5.75 Å². The standard InChI is InChI=1S/C15H25NO/c1-6-7-12(3)16(5)13(4)14-9-8-11(2)10-15(14)17/h8-10,12-13,17H,6-7H2,1-5H3. The first kappa shape index (κ1) is 14.0. The highest BCUT2D eigenvalue weighted by molar-refractivity contribution is 5.37. The first-order valence-electron chi connectivity index (χ1n) is 6.48. The summed E-state index contributed by atoms with van der Waals surface area (Å²) in [5.41, 5.74) is 2.11. The number of phenols is 1. The zero-order chi connectivity index (χ0) is 13.0. The average molecular weight is 235 g/mol. The van der Waals surface area contributed by atoms with Crippen molar-refractivity contribution >= 4 is 0 Å². The summed E-state index contributed by atoms with van der Waals surface area (Å²) in [4.78, 5) is 2.33. The van der Waals surface area contributed by atoms with E-state index in [0.717, 1.165) is 11.1 Å². The lowest BCUT2D eigenvalue weighted by atomic mass is 10.0. The molecule has 17 heavy (non-hydrogen) atoms. The van der Waals surface area contributed by atoms with Gasteiger partial charge in [-0.3, -0.25) is 4.90 Å². The molecule has 0 heterocycles. The molecule has 0 aromatic heterocycles. The van der Waals surface area contributed by atoms with E-state index in [4.69, 9.17) is 0 Å². The van der Waals surface area contributed by atoms with Crippen LogP contribution in [0.2, 0.25) is 0 Å². The molecule has 0 aliphatic carbocycles. The molecular weight excluding hydrogens is 210 g/mol. The minimum Gasteiger partial charge on any atom is -0.508 e. The van der Waals surface area contributed by atoms with Crippen molar-refractivity contribution in [2.75, 3.05) is 7.05 Å². The number of rotatable bonds is 5. The van der Waals surface area contributed by atoms with E-state index in [2.05, 4.69) is 38.8 Å². The molecular formula is C15H25NO. The lowest BCUT2D eigenvalue weighted by Crippen LogP contribution is -2.31. The monoisotopic (exact) mass is 235 g/mol. The molecule has 0 saturated carbocycles. The average Bonchev–Trinajstić information content (AvgIpc) is 2.27. The Morgan fingerprint density at radius 1 is 1.29 bits per heavy atom. The second kappa shape index (κ2) is 6.06. The third-order valence-corrected chi connectivity index (χ3v) is 3.65. The zero-order valence-electron chi connectivity index (χ0n) is 11.7. The van der Waals surface area contributed by atoms with Crippen LogP contribution >= 0.6 is 0 Å². The third kappa shape index (κ3) is 3.47. The van der Waals surface area contributed by atoms with Gasteiger partial charge in [0.1, 0.15) is 5.75 Å². The predicted molar refractivity (Wildman–Crippen MR) is 73.4 cm³/mol. The number of aromatic hydroxyl groups is 1. The molecule has 0 amide bonds. The fourth-order valence-electron chi connectivity index (χ4n) is 2.23. The van der Waals surface area contributed by atoms with Gasteiger partial charge in [-0.05, 0) is 45.9 Å². The highest BCUT2D eigenvalue weighted by atomic mass is 16.3. The number of aryl methyl sites for hydroxylation is 1. The molecule has 1 aromatic carbocycles. The molecule has 1 aromatic rings. The Morgan fingerprint density at radius 2 is 1.94 bits per heavy atom. The Balaban J connectivity index is 2.84. The summed E-state index contributed by atoms with van der Waals surface area (Å²) in [6, 6.07) is 6.71. The fourth-order valence-corrected chi connectivity index (χ4v) is 2.23. The molecule has 0 spiro atoms. The van der Waals surface area contributed by atoms with E-state index < -0.39 is 0 Å². The van der Waals surface area contributed by atoms with Crippen LogP contribution < -0.4 is 0 Å². The van der Waals surface area contributed by atoms with Crippen LogP contribution in [0.25, 0.3) is 0 Å². The topological polar surface area (TPSA) is 23.5 Å². The summed E-state index contributed by atoms with van der Waals surface area (Å²) in [5.74, 6) is 0.410. The van der Waals surface area contributed by atoms with Gasteiger partial charge in [0, 0.05) is 17.6 Å². The van der Waals surface area contributed by atoms with Gasteiger partial charge in [-0.25, -0.2) is 0 Å². The second-order valence-electron chi connectivity index (χ2n) is 5.04. The number of hydrogen-bond acceptors (Lipinski definition) is 2. The molecule has 0 bridgehead atoms. The van der Waals surface area contributed by atoms with Gasteiger partial charge < -0.3 is 5.11 Å². The van der Waals surface area contributed by atoms with Crippen LogP contribution in [-0.4, -0.2) is 23.1 Å². The number of phenolic OH excluding ortho intramolecular Hbond substituents is 1. The van der Waals surface area contributed by atoms with E-state index in [9.17, 15) is 5.11 Å². The summed E-state index contributed by atoms with van der Waals surface area (Å²) in [6.07, 6.45) is 2.38. The quantitative estimate of drug-likeness (QED) is 0.837. The molecule has 0 saturated heterocycles. The van der Waals surface area contributed by atoms with Gasteiger partial charge in [0.15, 0.2) is 0 Å². The maximum atomic E-state index is 10.00. The van der Waals surface area contributed by atoms with Crippen LogP contribution in [0.5, 0.6) is 5.75 Å². The summed E-state index contributed by atoms with van der Waals surface area (Å²) < 4.78 is 0. The maximum Gasteiger partial charge on any atom is 0.120 e. The van der Waals surface area contributed by atoms with E-state index in [1.807, 2.05) is 19.1 Å². The van der Waals surface area contributed by atoms with E-state index in [-0.39, 0.29) is 6.04 Å². The molecule has 0 aliphatic heterocycles. The first-order chi connectivity index (χ1) is 7.97. The SMILES string of the molecule is CCCC(C)N(C)C(C)c1ccc(C)cc1O. The summed E-state index contributed by atoms with van der Waals surface area (Å²) in [6.45, 7) is 8.59. The molecule has 1 N–H and O–H groups in total. The Hall–Kier alpha value is -1.02. The van der Waals surface area contributed by atoms with E-state index in [1.165, 1.54) is 12.8 Å². The van der Waals surface area contributed by atoms with Crippen molar-refractivity contribution in [2.24, 2.45) is 0 Å². The highest BCUT2D eigenvalue weighted by Crippen LogP contribution is 2.30. The number of hydrogen-bond donors (Lipinski definition) is 1. The lowest BCUT2D eigenvalue weighted by molar-refractivity contribution is 0.185. The maximum absolute atomic E-state index is 10.00. The van der Waals surface area contributed by atoms with Gasteiger partial charge in [0.2, 0.25) is 0 Å². The van der Waals surface area contributed by atoms with Gasteiger partial charge in [-0.2, -0.15) is 0 Å². The van der Waals surface area contributed by atoms with Crippen LogP contribution in [-0.2, 0) is 0 Å². The van der Waals surface area contributed by atoms with Crippen molar-refractivity contribution in [3.63, 3.8) is 0 Å². The molecule has 1 rings (SSSR count). The largest absolute Gasteiger partial charge is 0.508 e. The van der Waals surface area contributed by atoms with Crippen molar-refractivity contribution in [1.29, 1.82) is 0 Å². The molecule has 2 nitrogen and oxygen atoms in total. The van der Waals surface area contributed by atoms with Crippen LogP contribution in [0.1, 0.15) is 50.8 Å². The first-order valence-corrected chi connectivity index (χ1v) is 6.48. The van der Waals surface area contributed by atoms with Crippen molar-refractivity contribution in [3.05, 3.63) is 29.3 Å². The van der Waals surface area contributed by atoms with Crippen LogP contribution in [0.4, 0.5) is 0 Å². The van der Waals surface area contributed by atoms with Gasteiger partial charge >= 0.3 is 0 Å². The van der Waals surface area contributed by atoms with Gasteiger partial charge in [0.25, 0.3) is 0 Å². The summed E-state index contributed by atoms with van der Waals surface area (Å²) in [7, 11) is 2.13. The lowest BCUT2D eigenvalue weighted by Gasteiger charge is -2.31. The summed E-state index contributed by atoms with van der Waals surface area (Å²) in [5, 5.41) is 10.00. The van der Waals surface area contributed by atoms with Crippen molar-refractivity contribution < 1.29 is 5.11 Å². The smallest absolute Gasteiger partial charge is 0.120 e. The van der Waals surface area contributed by atoms with Crippen molar-refractivity contribution in [2.45, 2.75) is 52.6 Å². The van der Waals surface area contributed by atoms with Crippen LogP contribution in [0, 0.1) is 6.92 Å². The van der Waals surface area contributed by atoms with Gasteiger partial charge in [0.05, 0.1) is 0 Å². The molecule has 2 heteroatoms. The van der Waals surface area contributed by atoms with E-state index in [0.29, 0.717) is 11.8 Å². The van der Waals surface area contributed by atoms with Crippen molar-refractivity contribution in [1.82, 2.24) is 4.90 Å². The number of benzene rings is 1. The van der Waals surface area contributed by atoms with E-state index in [1.54, 1.807) is 0 Å². The molecule has 0 radical (unpaired) electrons. The van der Waals surface area contributed by atoms with E-state index >= 15 is 0 Å². The van der Waals surface area contributed by atoms with Crippen LogP contribution in [0.3, 0.4) is 0 Å². The Kier molecular flexibility index (Phi) is 5.01. The minimum atomic E-state index is 0.247. The molecule has 0 aliphatic rings. The molecule has 2 unspecified atom stereocenters. The minimum absolute atomic E-state index is 0.247. The third-order valence-electron chi connectivity index (χ3n) is 3.65. The molecule has 2 atom stereocenters. The Morgan fingerprint density at radius 3 is 2.47 bits per heavy atom. The predicted octanol–water partition coefficient (Wildman–Crippen LogP) is 3.88. The Bertz CT molecular complexity index is 362. The molecule has 0 fully saturated rings. The van der Waals surface area contributed by atoms with Gasteiger partial charge in [-0.1, -0.05) is 25.5 Å². The highest BCUT2D eigenvalue weighted by Gasteiger charge is 2.19. The Labute approximate surface area is 105 Å². The normalized spacial score (nSPS) is 14.9. The van der Waals surface area contributed by atoms with Gasteiger partial charge in [-0.15, -0.1) is 0 Å². The second-order valence-corrected chi connectivity index (χ2v) is 5.04.